The molecule has 34 heavy (non-hydrogen) atoms. The van der Waals surface area contributed by atoms with Gasteiger partial charge in [0.2, 0.25) is 5.91 Å². The van der Waals surface area contributed by atoms with Gasteiger partial charge in [-0.05, 0) is 85.2 Å². The van der Waals surface area contributed by atoms with Crippen LogP contribution in [0.2, 0.25) is 0 Å². The molecule has 3 aliphatic carbocycles. The molecule has 5 rings (SSSR count). The topological polar surface area (TPSA) is 46.9 Å². The van der Waals surface area contributed by atoms with Crippen molar-refractivity contribution in [1.29, 1.82) is 0 Å². The highest BCUT2D eigenvalue weighted by Crippen LogP contribution is 2.65. The van der Waals surface area contributed by atoms with Crippen LogP contribution in [0.4, 0.5) is 0 Å². The molecule has 1 amide bonds. The number of fused-ring (bicyclic) bond motifs is 3. The van der Waals surface area contributed by atoms with E-state index in [1.807, 2.05) is 0 Å². The van der Waals surface area contributed by atoms with Crippen molar-refractivity contribution in [3.05, 3.63) is 30.1 Å². The Kier molecular flexibility index (Phi) is 5.89. The van der Waals surface area contributed by atoms with E-state index in [0.717, 1.165) is 30.3 Å². The van der Waals surface area contributed by atoms with Crippen LogP contribution in [0.3, 0.4) is 0 Å². The Morgan fingerprint density at radius 2 is 1.79 bits per heavy atom. The molecule has 2 bridgehead atoms. The lowest BCUT2D eigenvalue weighted by Gasteiger charge is -2.39. The third kappa shape index (κ3) is 3.89. The van der Waals surface area contributed by atoms with Gasteiger partial charge < -0.3 is 9.88 Å². The number of aromatic nitrogens is 2. The highest BCUT2D eigenvalue weighted by molar-refractivity contribution is 5.78. The molecule has 3 atom stereocenters. The molecule has 1 aromatic carbocycles. The Labute approximate surface area is 206 Å². The van der Waals surface area contributed by atoms with E-state index in [2.05, 4.69) is 75.7 Å². The Hall–Kier alpha value is -1.84. The number of aryl methyl sites for hydroxylation is 1. The minimum atomic E-state index is 0.203. The van der Waals surface area contributed by atoms with Crippen molar-refractivity contribution in [2.45, 2.75) is 111 Å². The second-order valence-corrected chi connectivity index (χ2v) is 13.5. The normalized spacial score (nSPS) is 32.9. The zero-order valence-electron chi connectivity index (χ0n) is 22.3. The van der Waals surface area contributed by atoms with Gasteiger partial charge in [0, 0.05) is 24.9 Å². The molecule has 1 N–H and O–H groups in total. The zero-order valence-corrected chi connectivity index (χ0v) is 22.3. The minimum Gasteiger partial charge on any atom is -0.353 e. The number of carbonyl (C=O) groups is 1. The van der Waals surface area contributed by atoms with Crippen LogP contribution in [0.25, 0.3) is 11.0 Å². The van der Waals surface area contributed by atoms with Crippen molar-refractivity contribution in [2.75, 3.05) is 0 Å². The number of nitrogens with zero attached hydrogens (tertiary/aromatic N) is 2. The fourth-order valence-corrected chi connectivity index (χ4v) is 7.76. The predicted octanol–water partition coefficient (Wildman–Crippen LogP) is 7.08. The van der Waals surface area contributed by atoms with Crippen LogP contribution in [-0.4, -0.2) is 21.5 Å². The first-order valence-electron chi connectivity index (χ1n) is 13.8. The van der Waals surface area contributed by atoms with Crippen molar-refractivity contribution in [2.24, 2.45) is 28.1 Å². The van der Waals surface area contributed by atoms with Crippen LogP contribution in [0, 0.1) is 28.1 Å². The van der Waals surface area contributed by atoms with Gasteiger partial charge in [-0.3, -0.25) is 4.79 Å². The molecular weight excluding hydrogens is 418 g/mol. The van der Waals surface area contributed by atoms with Crippen LogP contribution >= 0.6 is 0 Å². The second-order valence-electron chi connectivity index (χ2n) is 13.5. The van der Waals surface area contributed by atoms with E-state index in [1.165, 1.54) is 49.9 Å². The molecule has 0 saturated heterocycles. The average molecular weight is 464 g/mol. The molecule has 1 aromatic heterocycles. The Balaban J connectivity index is 1.29. The molecular formula is C30H45N3O. The smallest absolute Gasteiger partial charge is 0.222 e. The number of amides is 1. The lowest BCUT2D eigenvalue weighted by atomic mass is 9.69. The molecule has 2 aromatic rings. The summed E-state index contributed by atoms with van der Waals surface area (Å²) in [7, 11) is 0. The summed E-state index contributed by atoms with van der Waals surface area (Å²) in [6.07, 6.45) is 9.18. The molecule has 3 fully saturated rings. The van der Waals surface area contributed by atoms with E-state index in [0.29, 0.717) is 29.2 Å². The number of para-hydroxylation sites is 2. The summed E-state index contributed by atoms with van der Waals surface area (Å²) in [5.41, 5.74) is 3.18. The highest BCUT2D eigenvalue weighted by atomic mass is 16.1. The van der Waals surface area contributed by atoms with Crippen LogP contribution in [0.15, 0.2) is 24.3 Å². The summed E-state index contributed by atoms with van der Waals surface area (Å²) in [5, 5.41) is 3.47. The number of imidazole rings is 1. The van der Waals surface area contributed by atoms with Gasteiger partial charge in [-0.1, -0.05) is 53.7 Å². The van der Waals surface area contributed by atoms with Gasteiger partial charge in [0.25, 0.3) is 0 Å². The van der Waals surface area contributed by atoms with E-state index in [-0.39, 0.29) is 11.3 Å². The molecule has 4 nitrogen and oxygen atoms in total. The molecule has 3 aliphatic rings. The number of carbonyl (C=O) groups excluding carboxylic acids is 1. The third-order valence-corrected chi connectivity index (χ3v) is 10.7. The quantitative estimate of drug-likeness (QED) is 0.515. The maximum atomic E-state index is 13.2. The summed E-state index contributed by atoms with van der Waals surface area (Å²) >= 11 is 0. The number of benzene rings is 1. The van der Waals surface area contributed by atoms with Crippen LogP contribution in [0.1, 0.15) is 105 Å². The first-order valence-corrected chi connectivity index (χ1v) is 13.8. The predicted molar refractivity (Wildman–Crippen MR) is 140 cm³/mol. The Morgan fingerprint density at radius 1 is 1.09 bits per heavy atom. The molecule has 3 saturated carbocycles. The first kappa shape index (κ1) is 23.9. The summed E-state index contributed by atoms with van der Waals surface area (Å²) in [6.45, 7) is 15.1. The van der Waals surface area contributed by atoms with Crippen LogP contribution in [-0.2, 0) is 11.3 Å². The Morgan fingerprint density at radius 3 is 2.41 bits per heavy atom. The second kappa shape index (κ2) is 8.38. The highest BCUT2D eigenvalue weighted by Gasteiger charge is 2.61. The SMILES string of the molecule is CC1(C)[C@@H]2CC[C@@]1(C)[C@H](NC(=O)CCn1c3ccccc3nc1[C@H]1CC[C@@H](C(C)(C)C)CC1)C2. The number of nitrogens with one attached hydrogen (secondary N) is 1. The van der Waals surface area contributed by atoms with Crippen LogP contribution < -0.4 is 5.32 Å². The third-order valence-electron chi connectivity index (χ3n) is 10.7. The summed E-state index contributed by atoms with van der Waals surface area (Å²) in [6, 6.07) is 8.78. The van der Waals surface area contributed by atoms with Crippen LogP contribution in [0.5, 0.6) is 0 Å². The standard InChI is InChI=1S/C30H45N3O/c1-28(2,3)21-13-11-20(12-14-21)27-31-23-9-7-8-10-24(23)33(27)18-16-26(34)32-25-19-22-15-17-30(25,6)29(22,4)5/h7-10,20-22,25H,11-19H2,1-6H3,(H,32,34)/t20-,21+,22-,25-,30+/m1/s1. The molecule has 0 spiro atoms. The molecule has 0 radical (unpaired) electrons. The van der Waals surface area contributed by atoms with Gasteiger partial charge in [-0.15, -0.1) is 0 Å². The fraction of sp³-hybridized carbons (Fsp3) is 0.733. The van der Waals surface area contributed by atoms with Crippen molar-refractivity contribution < 1.29 is 4.79 Å². The van der Waals surface area contributed by atoms with Gasteiger partial charge in [0.1, 0.15) is 5.82 Å². The van der Waals surface area contributed by atoms with E-state index >= 15 is 0 Å². The van der Waals surface area contributed by atoms with E-state index in [9.17, 15) is 4.79 Å². The summed E-state index contributed by atoms with van der Waals surface area (Å²) < 4.78 is 2.36. The van der Waals surface area contributed by atoms with Gasteiger partial charge in [-0.25, -0.2) is 4.98 Å². The molecule has 186 valence electrons. The molecule has 0 unspecified atom stereocenters. The van der Waals surface area contributed by atoms with Crippen molar-refractivity contribution in [3.8, 4) is 0 Å². The van der Waals surface area contributed by atoms with E-state index in [1.54, 1.807) is 0 Å². The summed E-state index contributed by atoms with van der Waals surface area (Å²) in [5.74, 6) is 3.44. The first-order chi connectivity index (χ1) is 16.0. The lowest BCUT2D eigenvalue weighted by molar-refractivity contribution is -0.123. The number of hydrogen-bond acceptors (Lipinski definition) is 2. The Bertz CT molecular complexity index is 1050. The monoisotopic (exact) mass is 463 g/mol. The van der Waals surface area contributed by atoms with Crippen molar-refractivity contribution in [3.63, 3.8) is 0 Å². The molecule has 1 heterocycles. The van der Waals surface area contributed by atoms with Crippen molar-refractivity contribution >= 4 is 16.9 Å². The van der Waals surface area contributed by atoms with Crippen molar-refractivity contribution in [1.82, 2.24) is 14.9 Å². The van der Waals surface area contributed by atoms with Gasteiger partial charge in [-0.2, -0.15) is 0 Å². The van der Waals surface area contributed by atoms with Gasteiger partial charge in [0.05, 0.1) is 11.0 Å². The van der Waals surface area contributed by atoms with Gasteiger partial charge >= 0.3 is 0 Å². The molecule has 0 aliphatic heterocycles. The van der Waals surface area contributed by atoms with E-state index in [4.69, 9.17) is 4.98 Å². The maximum Gasteiger partial charge on any atom is 0.222 e. The zero-order chi connectivity index (χ0) is 24.3. The maximum absolute atomic E-state index is 13.2. The van der Waals surface area contributed by atoms with Gasteiger partial charge in [0.15, 0.2) is 0 Å². The largest absolute Gasteiger partial charge is 0.353 e. The number of hydrogen-bond donors (Lipinski definition) is 1. The summed E-state index contributed by atoms with van der Waals surface area (Å²) in [4.78, 5) is 18.3. The lowest BCUT2D eigenvalue weighted by Crippen LogP contribution is -2.47. The van der Waals surface area contributed by atoms with E-state index < -0.39 is 0 Å². The number of rotatable bonds is 5. The minimum absolute atomic E-state index is 0.203. The molecule has 4 heteroatoms. The fourth-order valence-electron chi connectivity index (χ4n) is 7.76. The average Bonchev–Trinajstić information content (AvgIpc) is 3.33.